The molecule has 0 atom stereocenters. The molecule has 0 aliphatic carbocycles. The van der Waals surface area contributed by atoms with Crippen molar-refractivity contribution in [3.8, 4) is 0 Å². The molecule has 114 valence electrons. The third kappa shape index (κ3) is 4.25. The molecule has 0 bridgehead atoms. The summed E-state index contributed by atoms with van der Waals surface area (Å²) in [5.41, 5.74) is 4.83. The molecule has 0 unspecified atom stereocenters. The Bertz CT molecular complexity index is 685. The van der Waals surface area contributed by atoms with Crippen molar-refractivity contribution in [2.45, 2.75) is 26.2 Å². The second-order valence-electron chi connectivity index (χ2n) is 6.08. The minimum Gasteiger partial charge on any atom is -0.267 e. The predicted molar refractivity (Wildman–Crippen MR) is 86.6 cm³/mol. The summed E-state index contributed by atoms with van der Waals surface area (Å²) in [5, 5.41) is 3.89. The van der Waals surface area contributed by atoms with Crippen LogP contribution in [-0.2, 0) is 5.41 Å². The fourth-order valence-electron chi connectivity index (χ4n) is 1.93. The molecule has 0 aliphatic rings. The second-order valence-corrected chi connectivity index (χ2v) is 6.08. The third-order valence-electron chi connectivity index (χ3n) is 3.24. The number of rotatable bonds is 3. The lowest BCUT2D eigenvalue weighted by molar-refractivity contribution is 0.0954. The van der Waals surface area contributed by atoms with E-state index < -0.39 is 11.7 Å². The average Bonchev–Trinajstić information content (AvgIpc) is 2.47. The minimum atomic E-state index is -0.450. The quantitative estimate of drug-likeness (QED) is 0.678. The molecule has 0 spiro atoms. The molecule has 0 saturated carbocycles. The van der Waals surface area contributed by atoms with Gasteiger partial charge in [-0.2, -0.15) is 5.10 Å². The Labute approximate surface area is 129 Å². The summed E-state index contributed by atoms with van der Waals surface area (Å²) in [5.74, 6) is -0.892. The summed E-state index contributed by atoms with van der Waals surface area (Å²) in [6, 6.07) is 13.4. The van der Waals surface area contributed by atoms with Crippen molar-refractivity contribution in [2.75, 3.05) is 0 Å². The third-order valence-corrected chi connectivity index (χ3v) is 3.24. The van der Waals surface area contributed by atoms with Gasteiger partial charge in [0.1, 0.15) is 5.82 Å². The van der Waals surface area contributed by atoms with Gasteiger partial charge in [-0.3, -0.25) is 4.79 Å². The fraction of sp³-hybridized carbons (Fsp3) is 0.222. The number of carbonyl (C=O) groups excluding carboxylic acids is 1. The van der Waals surface area contributed by atoms with Crippen molar-refractivity contribution in [1.29, 1.82) is 0 Å². The van der Waals surface area contributed by atoms with E-state index in [1.807, 2.05) is 24.3 Å². The van der Waals surface area contributed by atoms with Crippen molar-refractivity contribution in [2.24, 2.45) is 5.10 Å². The van der Waals surface area contributed by atoms with E-state index in [-0.39, 0.29) is 11.0 Å². The van der Waals surface area contributed by atoms with Crippen molar-refractivity contribution in [3.63, 3.8) is 0 Å². The Balaban J connectivity index is 1.99. The van der Waals surface area contributed by atoms with E-state index >= 15 is 0 Å². The maximum absolute atomic E-state index is 13.0. The summed E-state index contributed by atoms with van der Waals surface area (Å²) >= 11 is 0. The monoisotopic (exact) mass is 298 g/mol. The smallest absolute Gasteiger partial charge is 0.267 e. The van der Waals surface area contributed by atoms with E-state index in [2.05, 4.69) is 31.3 Å². The van der Waals surface area contributed by atoms with Crippen LogP contribution >= 0.6 is 0 Å². The van der Waals surface area contributed by atoms with Gasteiger partial charge < -0.3 is 0 Å². The zero-order chi connectivity index (χ0) is 16.2. The highest BCUT2D eigenvalue weighted by molar-refractivity contribution is 5.94. The van der Waals surface area contributed by atoms with Crippen molar-refractivity contribution in [1.82, 2.24) is 5.43 Å². The number of halogens is 1. The average molecular weight is 298 g/mol. The lowest BCUT2D eigenvalue weighted by atomic mass is 9.87. The first-order valence-electron chi connectivity index (χ1n) is 7.06. The van der Waals surface area contributed by atoms with E-state index in [4.69, 9.17) is 0 Å². The Hall–Kier alpha value is -2.49. The second kappa shape index (κ2) is 6.52. The number of hydrazone groups is 1. The molecule has 2 rings (SSSR count). The molecule has 0 saturated heterocycles. The molecule has 1 N–H and O–H groups in total. The molecule has 1 amide bonds. The molecular formula is C18H19FN2O. The van der Waals surface area contributed by atoms with Crippen LogP contribution in [-0.4, -0.2) is 12.1 Å². The number of hydrogen-bond donors (Lipinski definition) is 1. The Kier molecular flexibility index (Phi) is 4.71. The van der Waals surface area contributed by atoms with Gasteiger partial charge in [0, 0.05) is 5.56 Å². The van der Waals surface area contributed by atoms with Gasteiger partial charge in [-0.1, -0.05) is 51.1 Å². The van der Waals surface area contributed by atoms with E-state index in [1.165, 1.54) is 29.8 Å². The highest BCUT2D eigenvalue weighted by Crippen LogP contribution is 2.21. The van der Waals surface area contributed by atoms with E-state index in [0.29, 0.717) is 0 Å². The van der Waals surface area contributed by atoms with Crippen LogP contribution in [0.15, 0.2) is 53.6 Å². The molecule has 2 aromatic carbocycles. The Morgan fingerprint density at radius 2 is 1.82 bits per heavy atom. The zero-order valence-electron chi connectivity index (χ0n) is 12.9. The molecule has 0 aliphatic heterocycles. The molecule has 22 heavy (non-hydrogen) atoms. The van der Waals surface area contributed by atoms with Gasteiger partial charge in [-0.25, -0.2) is 9.82 Å². The molecule has 0 fully saturated rings. The first-order chi connectivity index (χ1) is 10.4. The lowest BCUT2D eigenvalue weighted by Gasteiger charge is -2.18. The largest absolute Gasteiger partial charge is 0.271 e. The van der Waals surface area contributed by atoms with Crippen molar-refractivity contribution >= 4 is 12.1 Å². The van der Waals surface area contributed by atoms with Gasteiger partial charge in [0.05, 0.1) is 6.21 Å². The van der Waals surface area contributed by atoms with Crippen LogP contribution in [0, 0.1) is 5.82 Å². The fourth-order valence-corrected chi connectivity index (χ4v) is 1.93. The number of nitrogens with zero attached hydrogens (tertiary/aromatic N) is 1. The zero-order valence-corrected chi connectivity index (χ0v) is 12.9. The van der Waals surface area contributed by atoms with E-state index in [1.54, 1.807) is 6.21 Å². The molecule has 0 heterocycles. The molecule has 2 aromatic rings. The number of amides is 1. The van der Waals surface area contributed by atoms with Gasteiger partial charge in [-0.15, -0.1) is 0 Å². The molecule has 3 nitrogen and oxygen atoms in total. The first kappa shape index (κ1) is 15.9. The summed E-state index contributed by atoms with van der Waals surface area (Å²) in [6.45, 7) is 6.44. The number of carbonyl (C=O) groups is 1. The topological polar surface area (TPSA) is 41.5 Å². The van der Waals surface area contributed by atoms with Gasteiger partial charge in [0.25, 0.3) is 5.91 Å². The van der Waals surface area contributed by atoms with Gasteiger partial charge in [0.15, 0.2) is 0 Å². The van der Waals surface area contributed by atoms with Gasteiger partial charge >= 0.3 is 0 Å². The normalized spacial score (nSPS) is 11.6. The molecule has 0 radical (unpaired) electrons. The summed E-state index contributed by atoms with van der Waals surface area (Å²) < 4.78 is 13.0. The van der Waals surface area contributed by atoms with Crippen LogP contribution in [0.1, 0.15) is 42.3 Å². The van der Waals surface area contributed by atoms with E-state index in [9.17, 15) is 9.18 Å². The molecule has 4 heteroatoms. The lowest BCUT2D eigenvalue weighted by Crippen LogP contribution is -2.17. The van der Waals surface area contributed by atoms with Crippen LogP contribution < -0.4 is 5.43 Å². The molecule has 0 aromatic heterocycles. The summed E-state index contributed by atoms with van der Waals surface area (Å²) in [6.07, 6.45) is 1.56. The summed E-state index contributed by atoms with van der Waals surface area (Å²) in [4.78, 5) is 11.8. The highest BCUT2D eigenvalue weighted by Gasteiger charge is 2.12. The first-order valence-corrected chi connectivity index (χ1v) is 7.06. The predicted octanol–water partition coefficient (Wildman–Crippen LogP) is 3.89. The highest BCUT2D eigenvalue weighted by atomic mass is 19.1. The van der Waals surface area contributed by atoms with Crippen LogP contribution in [0.4, 0.5) is 4.39 Å². The van der Waals surface area contributed by atoms with Crippen LogP contribution in [0.5, 0.6) is 0 Å². The van der Waals surface area contributed by atoms with Crippen molar-refractivity contribution < 1.29 is 9.18 Å². The Morgan fingerprint density at radius 1 is 1.14 bits per heavy atom. The standard InChI is InChI=1S/C18H19FN2O/c1-18(2,3)15-9-7-13(8-10-15)12-20-21-17(22)14-5-4-6-16(19)11-14/h4-12H,1-3H3,(H,21,22)/b20-12-. The van der Waals surface area contributed by atoms with Crippen LogP contribution in [0.2, 0.25) is 0 Å². The SMILES string of the molecule is CC(C)(C)c1ccc(/C=N\NC(=O)c2cccc(F)c2)cc1. The van der Waals surface area contributed by atoms with Crippen molar-refractivity contribution in [3.05, 3.63) is 71.0 Å². The number of nitrogens with one attached hydrogen (secondary N) is 1. The van der Waals surface area contributed by atoms with Crippen LogP contribution in [0.25, 0.3) is 0 Å². The van der Waals surface area contributed by atoms with E-state index in [0.717, 1.165) is 5.56 Å². The van der Waals surface area contributed by atoms with Gasteiger partial charge in [-0.05, 0) is 34.7 Å². The molecular weight excluding hydrogens is 279 g/mol. The minimum absolute atomic E-state index is 0.0985. The van der Waals surface area contributed by atoms with Crippen LogP contribution in [0.3, 0.4) is 0 Å². The van der Waals surface area contributed by atoms with Gasteiger partial charge in [0.2, 0.25) is 0 Å². The number of benzene rings is 2. The number of hydrogen-bond acceptors (Lipinski definition) is 2. The maximum atomic E-state index is 13.0. The Morgan fingerprint density at radius 3 is 2.41 bits per heavy atom. The maximum Gasteiger partial charge on any atom is 0.271 e. The summed E-state index contributed by atoms with van der Waals surface area (Å²) in [7, 11) is 0.